The highest BCUT2D eigenvalue weighted by Gasteiger charge is 2.23. The van der Waals surface area contributed by atoms with Crippen molar-refractivity contribution in [2.45, 2.75) is 13.0 Å². The highest BCUT2D eigenvalue weighted by molar-refractivity contribution is 5.83. The van der Waals surface area contributed by atoms with Crippen molar-refractivity contribution in [1.82, 2.24) is 4.57 Å². The van der Waals surface area contributed by atoms with Crippen LogP contribution in [0.4, 0.5) is 11.4 Å². The Balaban J connectivity index is 1.25. The lowest BCUT2D eigenvalue weighted by atomic mass is 10.1. The third kappa shape index (κ3) is 3.80. The first-order valence-electron chi connectivity index (χ1n) is 10.3. The first-order chi connectivity index (χ1) is 15.2. The molecule has 1 aromatic heterocycles. The van der Waals surface area contributed by atoms with Crippen molar-refractivity contribution in [3.8, 4) is 17.2 Å². The topological polar surface area (TPSA) is 63.9 Å². The Morgan fingerprint density at radius 3 is 2.35 bits per heavy atom. The van der Waals surface area contributed by atoms with Gasteiger partial charge in [0.15, 0.2) is 11.5 Å². The van der Waals surface area contributed by atoms with Crippen LogP contribution >= 0.6 is 0 Å². The van der Waals surface area contributed by atoms with Gasteiger partial charge in [0.1, 0.15) is 12.3 Å². The Morgan fingerprint density at radius 1 is 0.935 bits per heavy atom. The highest BCUT2D eigenvalue weighted by atomic mass is 16.5. The van der Waals surface area contributed by atoms with E-state index in [-0.39, 0.29) is 6.54 Å². The number of fused-ring (bicyclic) bond motifs is 3. The molecule has 0 amide bonds. The van der Waals surface area contributed by atoms with Crippen LogP contribution in [0.25, 0.3) is 10.9 Å². The molecule has 0 unspecified atom stereocenters. The Bertz CT molecular complexity index is 1200. The van der Waals surface area contributed by atoms with Crippen LogP contribution in [0.3, 0.4) is 0 Å². The summed E-state index contributed by atoms with van der Waals surface area (Å²) in [6.45, 7) is 1.32. The van der Waals surface area contributed by atoms with Crippen LogP contribution in [-0.2, 0) is 11.3 Å². The maximum absolute atomic E-state index is 11.0. The normalized spacial score (nSPS) is 12.2. The third-order valence-corrected chi connectivity index (χ3v) is 5.37. The van der Waals surface area contributed by atoms with Gasteiger partial charge in [0.05, 0.1) is 18.0 Å². The lowest BCUT2D eigenvalue weighted by Gasteiger charge is -2.32. The number of carboxylic acid groups (broad SMARTS) is 1. The van der Waals surface area contributed by atoms with Crippen LogP contribution in [-0.4, -0.2) is 28.8 Å². The molecular weight excluding hydrogens is 392 g/mol. The largest absolute Gasteiger partial charge is 0.494 e. The summed E-state index contributed by atoms with van der Waals surface area (Å²) in [6, 6.07) is 23.8. The molecule has 2 heterocycles. The van der Waals surface area contributed by atoms with Crippen LogP contribution in [0.2, 0.25) is 0 Å². The van der Waals surface area contributed by atoms with E-state index in [0.717, 1.165) is 52.5 Å². The van der Waals surface area contributed by atoms with Crippen molar-refractivity contribution in [1.29, 1.82) is 0 Å². The number of nitrogens with zero attached hydrogens (tertiary/aromatic N) is 2. The zero-order chi connectivity index (χ0) is 21.2. The van der Waals surface area contributed by atoms with Crippen LogP contribution in [0, 0.1) is 0 Å². The molecule has 3 aromatic carbocycles. The average molecular weight is 414 g/mol. The molecule has 1 aliphatic rings. The molecule has 0 aliphatic carbocycles. The molecule has 6 nitrogen and oxygen atoms in total. The first kappa shape index (κ1) is 19.1. The van der Waals surface area contributed by atoms with E-state index < -0.39 is 5.97 Å². The van der Waals surface area contributed by atoms with E-state index in [1.165, 1.54) is 0 Å². The molecule has 0 saturated heterocycles. The van der Waals surface area contributed by atoms with E-state index in [9.17, 15) is 4.79 Å². The number of hydrogen-bond acceptors (Lipinski definition) is 4. The molecule has 5 rings (SSSR count). The van der Waals surface area contributed by atoms with E-state index >= 15 is 0 Å². The van der Waals surface area contributed by atoms with Gasteiger partial charge < -0.3 is 24.0 Å². The highest BCUT2D eigenvalue weighted by Crippen LogP contribution is 2.46. The van der Waals surface area contributed by atoms with Crippen LogP contribution in [0.15, 0.2) is 79.0 Å². The quantitative estimate of drug-likeness (QED) is 0.408. The van der Waals surface area contributed by atoms with E-state index in [1.54, 1.807) is 10.8 Å². The summed E-state index contributed by atoms with van der Waals surface area (Å²) in [4.78, 5) is 13.2. The summed E-state index contributed by atoms with van der Waals surface area (Å²) in [5.41, 5.74) is 3.00. The number of carbonyl (C=O) groups is 1. The van der Waals surface area contributed by atoms with Gasteiger partial charge in [-0.2, -0.15) is 0 Å². The van der Waals surface area contributed by atoms with Crippen LogP contribution in [0.1, 0.15) is 6.42 Å². The maximum atomic E-state index is 11.0. The summed E-state index contributed by atoms with van der Waals surface area (Å²) < 4.78 is 13.7. The van der Waals surface area contributed by atoms with E-state index in [4.69, 9.17) is 14.6 Å². The Morgan fingerprint density at radius 2 is 1.65 bits per heavy atom. The lowest BCUT2D eigenvalue weighted by Crippen LogP contribution is -2.23. The molecule has 1 aliphatic heterocycles. The summed E-state index contributed by atoms with van der Waals surface area (Å²) in [7, 11) is 0. The van der Waals surface area contributed by atoms with Gasteiger partial charge in [-0.15, -0.1) is 0 Å². The summed E-state index contributed by atoms with van der Waals surface area (Å²) in [6.07, 6.45) is 2.62. The van der Waals surface area contributed by atoms with Crippen molar-refractivity contribution >= 4 is 28.2 Å². The molecule has 0 spiro atoms. The molecule has 0 saturated carbocycles. The van der Waals surface area contributed by atoms with Gasteiger partial charge in [0.2, 0.25) is 0 Å². The molecule has 0 bridgehead atoms. The molecule has 156 valence electrons. The van der Waals surface area contributed by atoms with Crippen molar-refractivity contribution in [2.24, 2.45) is 0 Å². The van der Waals surface area contributed by atoms with Gasteiger partial charge in [-0.25, -0.2) is 0 Å². The number of aliphatic carboxylic acids is 1. The number of ether oxygens (including phenoxy) is 2. The van der Waals surface area contributed by atoms with Crippen molar-refractivity contribution in [2.75, 3.05) is 18.1 Å². The van der Waals surface area contributed by atoms with E-state index in [0.29, 0.717) is 6.61 Å². The Hall–Kier alpha value is -3.93. The Kier molecular flexibility index (Phi) is 4.96. The first-order valence-corrected chi connectivity index (χ1v) is 10.3. The monoisotopic (exact) mass is 414 g/mol. The summed E-state index contributed by atoms with van der Waals surface area (Å²) in [5, 5.41) is 9.98. The maximum Gasteiger partial charge on any atom is 0.323 e. The summed E-state index contributed by atoms with van der Waals surface area (Å²) >= 11 is 0. The van der Waals surface area contributed by atoms with E-state index in [2.05, 4.69) is 17.0 Å². The molecule has 4 aromatic rings. The summed E-state index contributed by atoms with van der Waals surface area (Å²) in [5.74, 6) is 1.64. The molecule has 0 radical (unpaired) electrons. The predicted octanol–water partition coefficient (Wildman–Crippen LogP) is 5.44. The number of benzene rings is 3. The van der Waals surface area contributed by atoms with Crippen molar-refractivity contribution < 1.29 is 19.4 Å². The minimum Gasteiger partial charge on any atom is -0.494 e. The zero-order valence-corrected chi connectivity index (χ0v) is 16.9. The van der Waals surface area contributed by atoms with Crippen molar-refractivity contribution in [3.05, 3.63) is 79.0 Å². The van der Waals surface area contributed by atoms with Gasteiger partial charge in [-0.1, -0.05) is 24.3 Å². The number of para-hydroxylation sites is 4. The smallest absolute Gasteiger partial charge is 0.323 e. The average Bonchev–Trinajstić information content (AvgIpc) is 3.17. The molecule has 6 heteroatoms. The Labute approximate surface area is 179 Å². The van der Waals surface area contributed by atoms with Gasteiger partial charge in [0, 0.05) is 23.6 Å². The molecule has 0 atom stereocenters. The molecule has 0 fully saturated rings. The van der Waals surface area contributed by atoms with Crippen LogP contribution in [0.5, 0.6) is 17.2 Å². The van der Waals surface area contributed by atoms with Gasteiger partial charge in [-0.05, 0) is 55.0 Å². The second-order valence-corrected chi connectivity index (χ2v) is 7.45. The zero-order valence-electron chi connectivity index (χ0n) is 16.9. The minimum atomic E-state index is -0.857. The molecule has 1 N–H and O–H groups in total. The number of aromatic nitrogens is 1. The van der Waals surface area contributed by atoms with Gasteiger partial charge >= 0.3 is 5.97 Å². The second-order valence-electron chi connectivity index (χ2n) is 7.45. The molecular formula is C25H22N2O4. The fourth-order valence-electron chi connectivity index (χ4n) is 3.99. The van der Waals surface area contributed by atoms with Crippen molar-refractivity contribution in [3.63, 3.8) is 0 Å². The number of carboxylic acids is 1. The predicted molar refractivity (Wildman–Crippen MR) is 120 cm³/mol. The van der Waals surface area contributed by atoms with Gasteiger partial charge in [-0.3, -0.25) is 4.79 Å². The fourth-order valence-corrected chi connectivity index (χ4v) is 3.99. The number of hydrogen-bond donors (Lipinski definition) is 1. The molecule has 31 heavy (non-hydrogen) atoms. The fraction of sp³-hybridized carbons (Fsp3) is 0.160. The standard InChI is InChI=1S/C25H22N2O4/c28-25(29)17-26-14-12-18-16-19(10-11-20(18)26)30-15-5-13-27-21-6-1-3-8-23(21)31-24-9-4-2-7-22(24)27/h1-4,6-12,14,16H,5,13,15,17H2,(H,28,29). The van der Waals surface area contributed by atoms with Crippen LogP contribution < -0.4 is 14.4 Å². The lowest BCUT2D eigenvalue weighted by molar-refractivity contribution is -0.137. The van der Waals surface area contributed by atoms with Gasteiger partial charge in [0.25, 0.3) is 0 Å². The minimum absolute atomic E-state index is 0.0494. The second kappa shape index (κ2) is 8.07. The third-order valence-electron chi connectivity index (χ3n) is 5.37. The number of anilines is 2. The number of rotatable bonds is 7. The SMILES string of the molecule is O=C(O)Cn1ccc2cc(OCCCN3c4ccccc4Oc4ccccc43)ccc21. The van der Waals surface area contributed by atoms with E-state index in [1.807, 2.05) is 60.7 Å².